The average molecular weight is 169 g/mol. The van der Waals surface area contributed by atoms with E-state index in [1.807, 2.05) is 20.0 Å². The number of aromatic nitrogens is 2. The van der Waals surface area contributed by atoms with E-state index < -0.39 is 6.10 Å². The average Bonchev–Trinajstić information content (AvgIpc) is 2.33. The van der Waals surface area contributed by atoms with Crippen molar-refractivity contribution >= 4 is 0 Å². The number of aryl methyl sites for hydroxylation is 2. The number of rotatable bonds is 3. The normalized spacial score (nSPS) is 13.3. The third-order valence-corrected chi connectivity index (χ3v) is 1.87. The molecule has 1 aromatic rings. The Kier molecular flexibility index (Phi) is 2.83. The molecule has 2 N–H and O–H groups in total. The molecule has 0 aliphatic heterocycles. The molecule has 1 heterocycles. The fourth-order valence-electron chi connectivity index (χ4n) is 1.05. The van der Waals surface area contributed by atoms with Crippen LogP contribution in [-0.4, -0.2) is 28.5 Å². The van der Waals surface area contributed by atoms with Gasteiger partial charge < -0.3 is 10.4 Å². The van der Waals surface area contributed by atoms with Crippen LogP contribution in [0.3, 0.4) is 0 Å². The third kappa shape index (κ3) is 1.84. The second-order valence-corrected chi connectivity index (χ2v) is 2.91. The monoisotopic (exact) mass is 169 g/mol. The summed E-state index contributed by atoms with van der Waals surface area (Å²) in [4.78, 5) is 0. The SMILES string of the molecule is CNCC(O)c1cc(C)n(C)n1. The first-order valence-electron chi connectivity index (χ1n) is 3.98. The van der Waals surface area contributed by atoms with Crippen LogP contribution in [0.2, 0.25) is 0 Å². The van der Waals surface area contributed by atoms with Crippen LogP contribution in [0, 0.1) is 6.92 Å². The summed E-state index contributed by atoms with van der Waals surface area (Å²) >= 11 is 0. The summed E-state index contributed by atoms with van der Waals surface area (Å²) in [5, 5.41) is 16.6. The Hall–Kier alpha value is -0.870. The summed E-state index contributed by atoms with van der Waals surface area (Å²) in [5.41, 5.74) is 1.78. The van der Waals surface area contributed by atoms with Gasteiger partial charge in [0.25, 0.3) is 0 Å². The van der Waals surface area contributed by atoms with E-state index >= 15 is 0 Å². The minimum Gasteiger partial charge on any atom is -0.385 e. The van der Waals surface area contributed by atoms with E-state index in [9.17, 15) is 5.11 Å². The molecule has 0 amide bonds. The number of aliphatic hydroxyl groups excluding tert-OH is 1. The molecule has 0 aliphatic carbocycles. The number of likely N-dealkylation sites (N-methyl/N-ethyl adjacent to an activating group) is 1. The van der Waals surface area contributed by atoms with Crippen molar-refractivity contribution in [2.45, 2.75) is 13.0 Å². The quantitative estimate of drug-likeness (QED) is 0.668. The van der Waals surface area contributed by atoms with E-state index in [4.69, 9.17) is 0 Å². The zero-order valence-electron chi connectivity index (χ0n) is 7.70. The maximum Gasteiger partial charge on any atom is 0.110 e. The lowest BCUT2D eigenvalue weighted by Crippen LogP contribution is -2.17. The number of hydrogen-bond donors (Lipinski definition) is 2. The topological polar surface area (TPSA) is 50.1 Å². The molecule has 0 aromatic carbocycles. The highest BCUT2D eigenvalue weighted by molar-refractivity contribution is 5.11. The molecule has 1 rings (SSSR count). The van der Waals surface area contributed by atoms with Crippen LogP contribution in [0.5, 0.6) is 0 Å². The summed E-state index contributed by atoms with van der Waals surface area (Å²) in [6, 6.07) is 1.89. The lowest BCUT2D eigenvalue weighted by Gasteiger charge is -2.04. The summed E-state index contributed by atoms with van der Waals surface area (Å²) in [6.07, 6.45) is -0.505. The van der Waals surface area contributed by atoms with Gasteiger partial charge in [0.05, 0.1) is 5.69 Å². The molecule has 0 saturated heterocycles. The van der Waals surface area contributed by atoms with Gasteiger partial charge in [0.1, 0.15) is 6.10 Å². The van der Waals surface area contributed by atoms with E-state index in [1.54, 1.807) is 11.7 Å². The van der Waals surface area contributed by atoms with E-state index in [0.717, 1.165) is 11.4 Å². The molecule has 4 heteroatoms. The van der Waals surface area contributed by atoms with Gasteiger partial charge in [0, 0.05) is 19.3 Å². The van der Waals surface area contributed by atoms with Crippen molar-refractivity contribution < 1.29 is 5.11 Å². The fourth-order valence-corrected chi connectivity index (χ4v) is 1.05. The van der Waals surface area contributed by atoms with Crippen molar-refractivity contribution in [3.05, 3.63) is 17.5 Å². The van der Waals surface area contributed by atoms with Crippen LogP contribution in [0.25, 0.3) is 0 Å². The van der Waals surface area contributed by atoms with Crippen LogP contribution in [0.1, 0.15) is 17.5 Å². The molecular weight excluding hydrogens is 154 g/mol. The minimum atomic E-state index is -0.505. The molecule has 1 unspecified atom stereocenters. The van der Waals surface area contributed by atoms with E-state index in [2.05, 4.69) is 10.4 Å². The maximum absolute atomic E-state index is 9.52. The van der Waals surface area contributed by atoms with Crippen molar-refractivity contribution in [3.8, 4) is 0 Å². The van der Waals surface area contributed by atoms with Gasteiger partial charge in [-0.2, -0.15) is 5.10 Å². The molecule has 0 bridgehead atoms. The second kappa shape index (κ2) is 3.69. The van der Waals surface area contributed by atoms with Crippen LogP contribution >= 0.6 is 0 Å². The van der Waals surface area contributed by atoms with Crippen molar-refractivity contribution in [3.63, 3.8) is 0 Å². The Morgan fingerprint density at radius 1 is 1.75 bits per heavy atom. The van der Waals surface area contributed by atoms with Gasteiger partial charge in [-0.05, 0) is 20.0 Å². The fraction of sp³-hybridized carbons (Fsp3) is 0.625. The van der Waals surface area contributed by atoms with Crippen LogP contribution in [0.4, 0.5) is 0 Å². The summed E-state index contributed by atoms with van der Waals surface area (Å²) in [6.45, 7) is 2.50. The lowest BCUT2D eigenvalue weighted by atomic mass is 10.2. The smallest absolute Gasteiger partial charge is 0.110 e. The Balaban J connectivity index is 2.74. The van der Waals surface area contributed by atoms with E-state index in [-0.39, 0.29) is 0 Å². The Labute approximate surface area is 72.2 Å². The van der Waals surface area contributed by atoms with Crippen molar-refractivity contribution in [1.29, 1.82) is 0 Å². The molecule has 12 heavy (non-hydrogen) atoms. The van der Waals surface area contributed by atoms with Crippen LogP contribution in [0.15, 0.2) is 6.07 Å². The summed E-state index contributed by atoms with van der Waals surface area (Å²) < 4.78 is 1.76. The first-order valence-corrected chi connectivity index (χ1v) is 3.98. The number of nitrogens with zero attached hydrogens (tertiary/aromatic N) is 2. The highest BCUT2D eigenvalue weighted by atomic mass is 16.3. The van der Waals surface area contributed by atoms with E-state index in [0.29, 0.717) is 6.54 Å². The summed E-state index contributed by atoms with van der Waals surface area (Å²) in [7, 11) is 3.67. The lowest BCUT2D eigenvalue weighted by molar-refractivity contribution is 0.172. The molecular formula is C8H15N3O. The first kappa shape index (κ1) is 9.22. The van der Waals surface area contributed by atoms with Crippen LogP contribution in [-0.2, 0) is 7.05 Å². The molecule has 0 saturated carbocycles. The predicted octanol–water partition coefficient (Wildman–Crippen LogP) is -0.0187. The van der Waals surface area contributed by atoms with Gasteiger partial charge in [-0.15, -0.1) is 0 Å². The Morgan fingerprint density at radius 3 is 2.83 bits per heavy atom. The second-order valence-electron chi connectivity index (χ2n) is 2.91. The van der Waals surface area contributed by atoms with Crippen molar-refractivity contribution in [1.82, 2.24) is 15.1 Å². The Bertz CT molecular complexity index is 237. The van der Waals surface area contributed by atoms with Gasteiger partial charge in [-0.1, -0.05) is 0 Å². The van der Waals surface area contributed by atoms with Crippen molar-refractivity contribution in [2.24, 2.45) is 7.05 Å². The molecule has 0 fully saturated rings. The molecule has 0 aliphatic rings. The first-order chi connectivity index (χ1) is 5.65. The zero-order chi connectivity index (χ0) is 9.14. The number of hydrogen-bond acceptors (Lipinski definition) is 3. The third-order valence-electron chi connectivity index (χ3n) is 1.87. The van der Waals surface area contributed by atoms with Crippen molar-refractivity contribution in [2.75, 3.05) is 13.6 Å². The molecule has 68 valence electrons. The standard InChI is InChI=1S/C8H15N3O/c1-6-4-7(10-11(6)3)8(12)5-9-2/h4,8-9,12H,5H2,1-3H3. The number of nitrogens with one attached hydrogen (secondary N) is 1. The van der Waals surface area contributed by atoms with Crippen LogP contribution < -0.4 is 5.32 Å². The van der Waals surface area contributed by atoms with Gasteiger partial charge in [0.2, 0.25) is 0 Å². The highest BCUT2D eigenvalue weighted by Gasteiger charge is 2.10. The molecule has 0 spiro atoms. The highest BCUT2D eigenvalue weighted by Crippen LogP contribution is 2.10. The zero-order valence-corrected chi connectivity index (χ0v) is 7.70. The molecule has 4 nitrogen and oxygen atoms in total. The largest absolute Gasteiger partial charge is 0.385 e. The number of aliphatic hydroxyl groups is 1. The molecule has 1 aromatic heterocycles. The maximum atomic E-state index is 9.52. The van der Waals surface area contributed by atoms with Gasteiger partial charge in [-0.3, -0.25) is 4.68 Å². The van der Waals surface area contributed by atoms with Gasteiger partial charge >= 0.3 is 0 Å². The van der Waals surface area contributed by atoms with Gasteiger partial charge in [-0.25, -0.2) is 0 Å². The van der Waals surface area contributed by atoms with Gasteiger partial charge in [0.15, 0.2) is 0 Å². The predicted molar refractivity (Wildman–Crippen MR) is 46.8 cm³/mol. The molecule has 1 atom stereocenters. The minimum absolute atomic E-state index is 0.505. The summed E-state index contributed by atoms with van der Waals surface area (Å²) in [5.74, 6) is 0. The van der Waals surface area contributed by atoms with E-state index in [1.165, 1.54) is 0 Å². The molecule has 0 radical (unpaired) electrons. The Morgan fingerprint density at radius 2 is 2.42 bits per heavy atom.